The predicted octanol–water partition coefficient (Wildman–Crippen LogP) is 2.25. The molecule has 4 bridgehead atoms. The molecule has 5 heteroatoms. The third kappa shape index (κ3) is 1.30. The summed E-state index contributed by atoms with van der Waals surface area (Å²) in [6, 6.07) is 8.74. The van der Waals surface area contributed by atoms with Gasteiger partial charge in [0.15, 0.2) is 5.72 Å². The summed E-state index contributed by atoms with van der Waals surface area (Å²) in [5, 5.41) is 3.73. The number of allylic oxidation sites excluding steroid dienone is 1. The van der Waals surface area contributed by atoms with Crippen LogP contribution in [0.4, 0.5) is 5.69 Å². The van der Waals surface area contributed by atoms with Gasteiger partial charge in [-0.3, -0.25) is 9.69 Å². The number of anilines is 1. The monoisotopic (exact) mass is 338 g/mol. The van der Waals surface area contributed by atoms with Crippen molar-refractivity contribution in [1.29, 1.82) is 0 Å². The number of esters is 1. The van der Waals surface area contributed by atoms with Gasteiger partial charge >= 0.3 is 5.97 Å². The fourth-order valence-electron chi connectivity index (χ4n) is 6.75. The molecule has 3 saturated heterocycles. The first-order valence-electron chi connectivity index (χ1n) is 9.20. The molecule has 1 spiro atoms. The van der Waals surface area contributed by atoms with E-state index in [2.05, 4.69) is 47.5 Å². The van der Waals surface area contributed by atoms with Gasteiger partial charge in [0.05, 0.1) is 24.5 Å². The van der Waals surface area contributed by atoms with Crippen LogP contribution >= 0.6 is 0 Å². The third-order valence-electron chi connectivity index (χ3n) is 7.53. The predicted molar refractivity (Wildman–Crippen MR) is 91.8 cm³/mol. The minimum absolute atomic E-state index is 0.0780. The summed E-state index contributed by atoms with van der Waals surface area (Å²) >= 11 is 0. The Labute approximate surface area is 147 Å². The molecule has 1 aromatic carbocycles. The number of piperidine rings is 2. The normalized spacial score (nSPS) is 46.9. The third-order valence-corrected chi connectivity index (χ3v) is 7.53. The first-order valence-corrected chi connectivity index (χ1v) is 9.20. The molecule has 1 aliphatic carbocycles. The van der Waals surface area contributed by atoms with E-state index in [4.69, 9.17) is 9.47 Å². The number of carbonyl (C=O) groups is 1. The summed E-state index contributed by atoms with van der Waals surface area (Å²) in [4.78, 5) is 15.6. The number of ether oxygens (including phenoxy) is 2. The molecular weight excluding hydrogens is 316 g/mol. The van der Waals surface area contributed by atoms with Crippen LogP contribution in [-0.2, 0) is 19.7 Å². The molecule has 1 saturated carbocycles. The second-order valence-corrected chi connectivity index (χ2v) is 8.05. The molecule has 0 radical (unpaired) electrons. The Morgan fingerprint density at radius 2 is 2.28 bits per heavy atom. The van der Waals surface area contributed by atoms with Crippen LogP contribution in [0, 0.1) is 11.8 Å². The minimum Gasteiger partial charge on any atom is -0.469 e. The largest absolute Gasteiger partial charge is 0.469 e. The number of hydrogen-bond donors (Lipinski definition) is 1. The molecule has 130 valence electrons. The number of fused-ring (bicyclic) bond motifs is 4. The van der Waals surface area contributed by atoms with Crippen molar-refractivity contribution in [1.82, 2.24) is 4.90 Å². The number of benzene rings is 1. The Hall–Kier alpha value is -1.85. The van der Waals surface area contributed by atoms with Crippen LogP contribution in [0.2, 0.25) is 0 Å². The average Bonchev–Trinajstić information content (AvgIpc) is 3.22. The van der Waals surface area contributed by atoms with Crippen molar-refractivity contribution in [3.8, 4) is 0 Å². The summed E-state index contributed by atoms with van der Waals surface area (Å²) in [7, 11) is 1.52. The highest BCUT2D eigenvalue weighted by Gasteiger charge is 2.82. The lowest BCUT2D eigenvalue weighted by Gasteiger charge is -2.60. The second-order valence-electron chi connectivity index (χ2n) is 8.05. The van der Waals surface area contributed by atoms with E-state index in [9.17, 15) is 4.79 Å². The maximum atomic E-state index is 13.1. The molecule has 4 aliphatic heterocycles. The van der Waals surface area contributed by atoms with E-state index in [1.54, 1.807) is 0 Å². The second kappa shape index (κ2) is 4.27. The highest BCUT2D eigenvalue weighted by Crippen LogP contribution is 2.72. The van der Waals surface area contributed by atoms with Gasteiger partial charge in [-0.05, 0) is 30.9 Å². The molecule has 0 unspecified atom stereocenters. The maximum absolute atomic E-state index is 13.1. The SMILES string of the molecule is C/C=C1/CN2[C@H]3C[C@@]45c6ccccc6N[C@]4(O3)[C@H]2C[C@H]1[C@@H]5C(=O)OC. The molecule has 0 amide bonds. The number of carbonyl (C=O) groups excluding carboxylic acids is 1. The Morgan fingerprint density at radius 3 is 3.08 bits per heavy atom. The lowest BCUT2D eigenvalue weighted by molar-refractivity contribution is -0.161. The zero-order valence-corrected chi connectivity index (χ0v) is 14.5. The molecule has 1 N–H and O–H groups in total. The molecule has 6 rings (SSSR count). The van der Waals surface area contributed by atoms with Gasteiger partial charge in [-0.15, -0.1) is 0 Å². The number of rotatable bonds is 1. The summed E-state index contributed by atoms with van der Waals surface area (Å²) in [5.74, 6) is -0.0451. The van der Waals surface area contributed by atoms with Gasteiger partial charge in [-0.25, -0.2) is 0 Å². The lowest BCUT2D eigenvalue weighted by Crippen LogP contribution is -2.73. The molecule has 1 aromatic rings. The van der Waals surface area contributed by atoms with Crippen molar-refractivity contribution in [2.75, 3.05) is 19.0 Å². The van der Waals surface area contributed by atoms with E-state index in [0.717, 1.165) is 25.1 Å². The van der Waals surface area contributed by atoms with E-state index >= 15 is 0 Å². The van der Waals surface area contributed by atoms with Crippen molar-refractivity contribution >= 4 is 11.7 Å². The average molecular weight is 338 g/mol. The van der Waals surface area contributed by atoms with E-state index < -0.39 is 5.72 Å². The molecule has 0 aromatic heterocycles. The number of nitrogens with zero attached hydrogens (tertiary/aromatic N) is 1. The quantitative estimate of drug-likeness (QED) is 0.629. The zero-order valence-electron chi connectivity index (χ0n) is 14.5. The van der Waals surface area contributed by atoms with Crippen LogP contribution in [0.3, 0.4) is 0 Å². The van der Waals surface area contributed by atoms with Gasteiger partial charge in [-0.1, -0.05) is 29.8 Å². The van der Waals surface area contributed by atoms with Gasteiger partial charge in [-0.2, -0.15) is 0 Å². The molecule has 5 nitrogen and oxygen atoms in total. The Bertz CT molecular complexity index is 836. The summed E-state index contributed by atoms with van der Waals surface area (Å²) in [5.41, 5.74) is 2.89. The Morgan fingerprint density at radius 1 is 1.44 bits per heavy atom. The molecule has 4 heterocycles. The number of methoxy groups -OCH3 is 1. The fraction of sp³-hybridized carbons (Fsp3) is 0.550. The van der Waals surface area contributed by atoms with Crippen molar-refractivity contribution in [3.63, 3.8) is 0 Å². The molecule has 25 heavy (non-hydrogen) atoms. The van der Waals surface area contributed by atoms with Crippen molar-refractivity contribution < 1.29 is 14.3 Å². The van der Waals surface area contributed by atoms with Crippen molar-refractivity contribution in [3.05, 3.63) is 41.5 Å². The van der Waals surface area contributed by atoms with Crippen molar-refractivity contribution in [2.45, 2.75) is 43.2 Å². The van der Waals surface area contributed by atoms with Crippen LogP contribution in [0.15, 0.2) is 35.9 Å². The Kier molecular flexibility index (Phi) is 2.45. The summed E-state index contributed by atoms with van der Waals surface area (Å²) in [6.45, 7) is 2.99. The van der Waals surface area contributed by atoms with Crippen LogP contribution < -0.4 is 5.32 Å². The van der Waals surface area contributed by atoms with Gasteiger partial charge in [0.1, 0.15) is 6.23 Å². The topological polar surface area (TPSA) is 50.8 Å². The van der Waals surface area contributed by atoms with Gasteiger partial charge in [0.25, 0.3) is 0 Å². The van der Waals surface area contributed by atoms with Gasteiger partial charge in [0.2, 0.25) is 0 Å². The molecule has 5 aliphatic rings. The molecule has 4 fully saturated rings. The van der Waals surface area contributed by atoms with Crippen molar-refractivity contribution in [2.24, 2.45) is 11.8 Å². The van der Waals surface area contributed by atoms with E-state index in [1.807, 2.05) is 0 Å². The van der Waals surface area contributed by atoms with Crippen LogP contribution in [0.25, 0.3) is 0 Å². The van der Waals surface area contributed by atoms with E-state index in [1.165, 1.54) is 18.2 Å². The number of para-hydroxylation sites is 1. The zero-order chi connectivity index (χ0) is 17.0. The Balaban J connectivity index is 1.67. The summed E-state index contributed by atoms with van der Waals surface area (Å²) < 4.78 is 12.0. The first kappa shape index (κ1) is 14.3. The number of nitrogens with one attached hydrogen (secondary N) is 1. The number of hydrogen-bond acceptors (Lipinski definition) is 5. The molecule has 6 atom stereocenters. The van der Waals surface area contributed by atoms with E-state index in [0.29, 0.717) is 6.04 Å². The van der Waals surface area contributed by atoms with Crippen LogP contribution in [0.1, 0.15) is 25.3 Å². The fourth-order valence-corrected chi connectivity index (χ4v) is 6.75. The van der Waals surface area contributed by atoms with E-state index in [-0.39, 0.29) is 29.4 Å². The highest BCUT2D eigenvalue weighted by molar-refractivity contribution is 5.81. The molecular formula is C20H22N2O3. The van der Waals surface area contributed by atoms with Gasteiger partial charge in [0, 0.05) is 18.7 Å². The smallest absolute Gasteiger partial charge is 0.310 e. The standard InChI is InChI=1S/C20H22N2O3/c1-3-11-10-22-15-8-12(11)17(18(23)24-2)19-9-16(22)25-20(15,19)21-14-7-5-4-6-13(14)19/h3-7,12,15-17,21H,8-10H2,1-2H3/b11-3-/t12-,15-,16-,17-,19+,20+/m1/s1. The highest BCUT2D eigenvalue weighted by atomic mass is 16.6. The van der Waals surface area contributed by atoms with Gasteiger partial charge < -0.3 is 14.8 Å². The minimum atomic E-state index is -0.490. The first-order chi connectivity index (χ1) is 12.2. The summed E-state index contributed by atoms with van der Waals surface area (Å²) in [6.07, 6.45) is 4.10. The van der Waals surface area contributed by atoms with Crippen LogP contribution in [-0.4, -0.2) is 42.5 Å². The van der Waals surface area contributed by atoms with Crippen LogP contribution in [0.5, 0.6) is 0 Å². The maximum Gasteiger partial charge on any atom is 0.310 e. The lowest BCUT2D eigenvalue weighted by atomic mass is 9.49.